The number of nitrogens with one attached hydrogen (secondary N) is 1. The number of nitrogens with zero attached hydrogens (tertiary/aromatic N) is 2. The lowest BCUT2D eigenvalue weighted by molar-refractivity contribution is -0.384. The molecule has 2 aromatic carbocycles. The van der Waals surface area contributed by atoms with Crippen molar-refractivity contribution < 1.29 is 14.4 Å². The van der Waals surface area contributed by atoms with E-state index in [2.05, 4.69) is 17.5 Å². The van der Waals surface area contributed by atoms with Gasteiger partial charge in [0.05, 0.1) is 30.0 Å². The highest BCUT2D eigenvalue weighted by Crippen LogP contribution is 2.28. The standard InChI is InChI=1S/C19H23N3O4/c1-3-5-11-26-18-10-9-15(12-19(18)25-4-2)14-20-21-16-7-6-8-17(13-16)22(23)24/h6-10,12-14,21H,3-5,11H2,1-2H3. The van der Waals surface area contributed by atoms with Crippen LogP contribution in [0.15, 0.2) is 47.6 Å². The molecule has 2 rings (SSSR count). The van der Waals surface area contributed by atoms with Gasteiger partial charge in [0.2, 0.25) is 0 Å². The van der Waals surface area contributed by atoms with Crippen LogP contribution in [-0.4, -0.2) is 24.4 Å². The van der Waals surface area contributed by atoms with Gasteiger partial charge in [-0.3, -0.25) is 15.5 Å². The Morgan fingerprint density at radius 2 is 2.00 bits per heavy atom. The van der Waals surface area contributed by atoms with Crippen molar-refractivity contribution in [3.8, 4) is 11.5 Å². The van der Waals surface area contributed by atoms with Gasteiger partial charge in [0.15, 0.2) is 11.5 Å². The molecular formula is C19H23N3O4. The SMILES string of the molecule is CCCCOc1ccc(C=NNc2cccc([N+](=O)[O-])c2)cc1OCC. The Kier molecular flexibility index (Phi) is 7.42. The second-order valence-electron chi connectivity index (χ2n) is 5.52. The lowest BCUT2D eigenvalue weighted by atomic mass is 10.2. The average Bonchev–Trinajstić information content (AvgIpc) is 2.64. The van der Waals surface area contributed by atoms with Crippen molar-refractivity contribution in [3.05, 3.63) is 58.1 Å². The lowest BCUT2D eigenvalue weighted by Gasteiger charge is -2.12. The van der Waals surface area contributed by atoms with Crippen LogP contribution in [0.3, 0.4) is 0 Å². The fourth-order valence-corrected chi connectivity index (χ4v) is 2.19. The molecule has 0 amide bonds. The van der Waals surface area contributed by atoms with E-state index in [4.69, 9.17) is 9.47 Å². The van der Waals surface area contributed by atoms with Gasteiger partial charge in [0.1, 0.15) is 0 Å². The van der Waals surface area contributed by atoms with Gasteiger partial charge < -0.3 is 9.47 Å². The highest BCUT2D eigenvalue weighted by molar-refractivity contribution is 5.81. The summed E-state index contributed by atoms with van der Waals surface area (Å²) in [4.78, 5) is 10.3. The van der Waals surface area contributed by atoms with E-state index in [1.807, 2.05) is 25.1 Å². The average molecular weight is 357 g/mol. The summed E-state index contributed by atoms with van der Waals surface area (Å²) in [6.07, 6.45) is 3.68. The van der Waals surface area contributed by atoms with Crippen molar-refractivity contribution in [3.63, 3.8) is 0 Å². The number of rotatable bonds is 10. The molecular weight excluding hydrogens is 334 g/mol. The second kappa shape index (κ2) is 10.0. The molecule has 7 nitrogen and oxygen atoms in total. The molecule has 0 heterocycles. The number of nitro benzene ring substituents is 1. The molecule has 0 fully saturated rings. The minimum absolute atomic E-state index is 0.0115. The van der Waals surface area contributed by atoms with Crippen molar-refractivity contribution in [1.29, 1.82) is 0 Å². The first-order valence-electron chi connectivity index (χ1n) is 8.57. The summed E-state index contributed by atoms with van der Waals surface area (Å²) in [5.74, 6) is 1.38. The largest absolute Gasteiger partial charge is 0.490 e. The molecule has 0 aliphatic heterocycles. The van der Waals surface area contributed by atoms with Gasteiger partial charge in [-0.25, -0.2) is 0 Å². The number of hydrazone groups is 1. The molecule has 0 unspecified atom stereocenters. The zero-order valence-electron chi connectivity index (χ0n) is 15.0. The number of unbranched alkanes of at least 4 members (excludes halogenated alkanes) is 1. The van der Waals surface area contributed by atoms with Crippen molar-refractivity contribution in [1.82, 2.24) is 0 Å². The van der Waals surface area contributed by atoms with E-state index in [0.29, 0.717) is 30.4 Å². The van der Waals surface area contributed by atoms with Crippen LogP contribution < -0.4 is 14.9 Å². The van der Waals surface area contributed by atoms with Gasteiger partial charge in [-0.15, -0.1) is 0 Å². The maximum absolute atomic E-state index is 10.8. The summed E-state index contributed by atoms with van der Waals surface area (Å²) < 4.78 is 11.4. The van der Waals surface area contributed by atoms with Crippen LogP contribution in [-0.2, 0) is 0 Å². The Balaban J connectivity index is 2.06. The first-order chi connectivity index (χ1) is 12.6. The molecule has 0 aliphatic rings. The molecule has 0 atom stereocenters. The third kappa shape index (κ3) is 5.77. The van der Waals surface area contributed by atoms with Crippen molar-refractivity contribution in [2.45, 2.75) is 26.7 Å². The first-order valence-corrected chi connectivity index (χ1v) is 8.57. The van der Waals surface area contributed by atoms with Crippen molar-refractivity contribution in [2.75, 3.05) is 18.6 Å². The molecule has 0 saturated carbocycles. The minimum atomic E-state index is -0.444. The van der Waals surface area contributed by atoms with Crippen LogP contribution in [0.1, 0.15) is 32.3 Å². The third-order valence-corrected chi connectivity index (χ3v) is 3.49. The number of ether oxygens (including phenoxy) is 2. The molecule has 7 heteroatoms. The highest BCUT2D eigenvalue weighted by Gasteiger charge is 2.06. The summed E-state index contributed by atoms with van der Waals surface area (Å²) in [6.45, 7) is 5.22. The third-order valence-electron chi connectivity index (χ3n) is 3.49. The Bertz CT molecular complexity index is 762. The van der Waals surface area contributed by atoms with Crippen LogP contribution in [0.25, 0.3) is 0 Å². The predicted octanol–water partition coefficient (Wildman–Crippen LogP) is 4.62. The molecule has 2 aromatic rings. The number of benzene rings is 2. The maximum Gasteiger partial charge on any atom is 0.271 e. The van der Waals surface area contributed by atoms with Gasteiger partial charge in [0.25, 0.3) is 5.69 Å². The number of non-ortho nitro benzene ring substituents is 1. The van der Waals surface area contributed by atoms with E-state index >= 15 is 0 Å². The van der Waals surface area contributed by atoms with E-state index in [9.17, 15) is 10.1 Å². The van der Waals surface area contributed by atoms with Gasteiger partial charge in [0, 0.05) is 12.1 Å². The van der Waals surface area contributed by atoms with Gasteiger partial charge in [-0.1, -0.05) is 19.4 Å². The maximum atomic E-state index is 10.8. The van der Waals surface area contributed by atoms with Gasteiger partial charge in [-0.2, -0.15) is 5.10 Å². The van der Waals surface area contributed by atoms with Crippen LogP contribution >= 0.6 is 0 Å². The van der Waals surface area contributed by atoms with E-state index in [1.165, 1.54) is 12.1 Å². The van der Waals surface area contributed by atoms with E-state index < -0.39 is 4.92 Å². The highest BCUT2D eigenvalue weighted by atomic mass is 16.6. The Morgan fingerprint density at radius 3 is 2.73 bits per heavy atom. The summed E-state index contributed by atoms with van der Waals surface area (Å²) in [5.41, 5.74) is 4.17. The predicted molar refractivity (Wildman–Crippen MR) is 102 cm³/mol. The minimum Gasteiger partial charge on any atom is -0.490 e. The van der Waals surface area contributed by atoms with Gasteiger partial charge in [-0.05, 0) is 43.2 Å². The van der Waals surface area contributed by atoms with Crippen LogP contribution in [0, 0.1) is 10.1 Å². The second-order valence-corrected chi connectivity index (χ2v) is 5.52. The molecule has 138 valence electrons. The fraction of sp³-hybridized carbons (Fsp3) is 0.316. The molecule has 0 spiro atoms. The monoisotopic (exact) mass is 357 g/mol. The molecule has 0 saturated heterocycles. The lowest BCUT2D eigenvalue weighted by Crippen LogP contribution is -2.01. The van der Waals surface area contributed by atoms with Gasteiger partial charge >= 0.3 is 0 Å². The van der Waals surface area contributed by atoms with Crippen LogP contribution in [0.2, 0.25) is 0 Å². The molecule has 26 heavy (non-hydrogen) atoms. The summed E-state index contributed by atoms with van der Waals surface area (Å²) in [6, 6.07) is 11.8. The molecule has 0 aliphatic carbocycles. The zero-order valence-corrected chi connectivity index (χ0v) is 15.0. The van der Waals surface area contributed by atoms with Crippen molar-refractivity contribution >= 4 is 17.6 Å². The summed E-state index contributed by atoms with van der Waals surface area (Å²) in [5, 5.41) is 14.9. The Morgan fingerprint density at radius 1 is 1.15 bits per heavy atom. The normalized spacial score (nSPS) is 10.7. The van der Waals surface area contributed by atoms with E-state index in [1.54, 1.807) is 18.3 Å². The molecule has 0 radical (unpaired) electrons. The van der Waals surface area contributed by atoms with E-state index in [0.717, 1.165) is 18.4 Å². The molecule has 0 aromatic heterocycles. The van der Waals surface area contributed by atoms with Crippen molar-refractivity contribution in [2.24, 2.45) is 5.10 Å². The summed E-state index contributed by atoms with van der Waals surface area (Å²) in [7, 11) is 0. The number of anilines is 1. The number of nitro groups is 1. The Labute approximate surface area is 152 Å². The quantitative estimate of drug-likeness (QED) is 0.290. The molecule has 0 bridgehead atoms. The Hall–Kier alpha value is -3.09. The topological polar surface area (TPSA) is 86.0 Å². The summed E-state index contributed by atoms with van der Waals surface area (Å²) >= 11 is 0. The molecule has 1 N–H and O–H groups in total. The number of hydrogen-bond acceptors (Lipinski definition) is 6. The van der Waals surface area contributed by atoms with Crippen LogP contribution in [0.4, 0.5) is 11.4 Å². The fourth-order valence-electron chi connectivity index (χ4n) is 2.19. The van der Waals surface area contributed by atoms with E-state index in [-0.39, 0.29) is 5.69 Å². The number of hydrogen-bond donors (Lipinski definition) is 1. The smallest absolute Gasteiger partial charge is 0.271 e. The first kappa shape index (κ1) is 19.2. The van der Waals surface area contributed by atoms with Crippen LogP contribution in [0.5, 0.6) is 11.5 Å². The zero-order chi connectivity index (χ0) is 18.8.